The molecule has 2 rings (SSSR count). The van der Waals surface area contributed by atoms with Crippen LogP contribution in [0.4, 0.5) is 13.2 Å². The standard InChI is InChI=1S/C13H13F3O5S/c1-12(2)7-11(21-22(17,18)13(14,15)16)9-6-8(19-3)4-5-10(9)20-12/h4-7H,1-3H3. The van der Waals surface area contributed by atoms with E-state index >= 15 is 0 Å². The van der Waals surface area contributed by atoms with Crippen molar-refractivity contribution < 1.29 is 35.2 Å². The Kier molecular flexibility index (Phi) is 3.80. The molecule has 0 bridgehead atoms. The topological polar surface area (TPSA) is 61.8 Å². The SMILES string of the molecule is COc1ccc2c(c1)C(OS(=O)(=O)C(F)(F)F)=CC(C)(C)O2. The van der Waals surface area contributed by atoms with Crippen LogP contribution < -0.4 is 9.47 Å². The quantitative estimate of drug-likeness (QED) is 0.626. The summed E-state index contributed by atoms with van der Waals surface area (Å²) in [5.41, 5.74) is -6.49. The highest BCUT2D eigenvalue weighted by molar-refractivity contribution is 7.87. The van der Waals surface area contributed by atoms with Gasteiger partial charge in [-0.15, -0.1) is 0 Å². The summed E-state index contributed by atoms with van der Waals surface area (Å²) in [7, 11) is -4.41. The van der Waals surface area contributed by atoms with Crippen LogP contribution >= 0.6 is 0 Å². The fraction of sp³-hybridized carbons (Fsp3) is 0.385. The molecule has 1 aromatic rings. The zero-order chi connectivity index (χ0) is 16.8. The summed E-state index contributed by atoms with van der Waals surface area (Å²) in [6.45, 7) is 3.12. The summed E-state index contributed by atoms with van der Waals surface area (Å²) in [6.07, 6.45) is 1.16. The largest absolute Gasteiger partial charge is 0.534 e. The summed E-state index contributed by atoms with van der Waals surface area (Å²) in [4.78, 5) is 0. The second-order valence-corrected chi connectivity index (χ2v) is 6.60. The Balaban J connectivity index is 2.52. The summed E-state index contributed by atoms with van der Waals surface area (Å²) in [5, 5.41) is 0. The summed E-state index contributed by atoms with van der Waals surface area (Å²) in [5.74, 6) is 0.0594. The number of ether oxygens (including phenoxy) is 2. The number of hydrogen-bond donors (Lipinski definition) is 0. The molecule has 22 heavy (non-hydrogen) atoms. The lowest BCUT2D eigenvalue weighted by Gasteiger charge is -2.30. The van der Waals surface area contributed by atoms with E-state index in [4.69, 9.17) is 9.47 Å². The second kappa shape index (κ2) is 5.08. The van der Waals surface area contributed by atoms with E-state index in [0.717, 1.165) is 6.08 Å². The van der Waals surface area contributed by atoms with Crippen molar-refractivity contribution in [3.8, 4) is 11.5 Å². The molecule has 0 spiro atoms. The van der Waals surface area contributed by atoms with Gasteiger partial charge in [0.2, 0.25) is 0 Å². The van der Waals surface area contributed by atoms with Crippen molar-refractivity contribution in [2.24, 2.45) is 0 Å². The van der Waals surface area contributed by atoms with Crippen LogP contribution in [0.3, 0.4) is 0 Å². The average molecular weight is 338 g/mol. The first-order valence-electron chi connectivity index (χ1n) is 6.06. The first-order chi connectivity index (χ1) is 9.95. The average Bonchev–Trinajstić information content (AvgIpc) is 2.35. The van der Waals surface area contributed by atoms with E-state index < -0.39 is 27.0 Å². The summed E-state index contributed by atoms with van der Waals surface area (Å²) >= 11 is 0. The number of halogens is 3. The lowest BCUT2D eigenvalue weighted by molar-refractivity contribution is -0.0510. The van der Waals surface area contributed by atoms with Gasteiger partial charge in [-0.2, -0.15) is 21.6 Å². The minimum atomic E-state index is -5.77. The molecule has 1 aliphatic heterocycles. The third-order valence-corrected chi connectivity index (χ3v) is 3.75. The number of alkyl halides is 3. The van der Waals surface area contributed by atoms with Crippen LogP contribution in [0.25, 0.3) is 5.76 Å². The van der Waals surface area contributed by atoms with Gasteiger partial charge >= 0.3 is 15.6 Å². The van der Waals surface area contributed by atoms with E-state index in [1.54, 1.807) is 13.8 Å². The van der Waals surface area contributed by atoms with Crippen molar-refractivity contribution in [2.45, 2.75) is 25.0 Å². The molecule has 5 nitrogen and oxygen atoms in total. The predicted molar refractivity (Wildman–Crippen MR) is 71.7 cm³/mol. The molecule has 0 N–H and O–H groups in total. The van der Waals surface area contributed by atoms with Gasteiger partial charge in [0.25, 0.3) is 0 Å². The summed E-state index contributed by atoms with van der Waals surface area (Å²) in [6, 6.07) is 4.34. The van der Waals surface area contributed by atoms with Crippen LogP contribution in [-0.4, -0.2) is 26.6 Å². The molecule has 1 aromatic carbocycles. The monoisotopic (exact) mass is 338 g/mol. The van der Waals surface area contributed by atoms with E-state index in [9.17, 15) is 21.6 Å². The molecule has 0 fully saturated rings. The zero-order valence-electron chi connectivity index (χ0n) is 11.9. The molecule has 0 atom stereocenters. The van der Waals surface area contributed by atoms with E-state index in [0.29, 0.717) is 5.75 Å². The number of hydrogen-bond acceptors (Lipinski definition) is 5. The molecule has 0 aromatic heterocycles. The molecule has 1 heterocycles. The van der Waals surface area contributed by atoms with Gasteiger partial charge in [-0.3, -0.25) is 0 Å². The normalized spacial score (nSPS) is 17.1. The third-order valence-electron chi connectivity index (χ3n) is 2.79. The molecule has 0 saturated heterocycles. The Hall–Kier alpha value is -1.90. The third kappa shape index (κ3) is 3.13. The molecule has 1 aliphatic rings. The maximum absolute atomic E-state index is 12.5. The smallest absolute Gasteiger partial charge is 0.497 e. The van der Waals surface area contributed by atoms with E-state index in [-0.39, 0.29) is 11.3 Å². The minimum Gasteiger partial charge on any atom is -0.497 e. The van der Waals surface area contributed by atoms with Crippen LogP contribution in [0.5, 0.6) is 11.5 Å². The zero-order valence-corrected chi connectivity index (χ0v) is 12.7. The lowest BCUT2D eigenvalue weighted by Crippen LogP contribution is -2.31. The Morgan fingerprint density at radius 3 is 2.41 bits per heavy atom. The molecule has 0 radical (unpaired) electrons. The number of methoxy groups -OCH3 is 1. The van der Waals surface area contributed by atoms with Crippen LogP contribution in [0.2, 0.25) is 0 Å². The highest BCUT2D eigenvalue weighted by Crippen LogP contribution is 2.40. The Morgan fingerprint density at radius 2 is 1.86 bits per heavy atom. The van der Waals surface area contributed by atoms with Gasteiger partial charge in [0.05, 0.1) is 12.7 Å². The maximum atomic E-state index is 12.5. The van der Waals surface area contributed by atoms with E-state index in [1.165, 1.54) is 25.3 Å². The van der Waals surface area contributed by atoms with Crippen molar-refractivity contribution >= 4 is 15.9 Å². The maximum Gasteiger partial charge on any atom is 0.534 e. The molecule has 122 valence electrons. The van der Waals surface area contributed by atoms with Gasteiger partial charge in [-0.1, -0.05) is 0 Å². The number of rotatable bonds is 3. The van der Waals surface area contributed by atoms with Crippen molar-refractivity contribution in [3.05, 3.63) is 29.8 Å². The molecular weight excluding hydrogens is 325 g/mol. The van der Waals surface area contributed by atoms with E-state index in [2.05, 4.69) is 4.18 Å². The van der Waals surface area contributed by atoms with Gasteiger partial charge in [0.1, 0.15) is 17.1 Å². The van der Waals surface area contributed by atoms with Crippen LogP contribution in [-0.2, 0) is 14.3 Å². The summed E-state index contributed by atoms with van der Waals surface area (Å²) < 4.78 is 74.8. The molecule has 0 aliphatic carbocycles. The van der Waals surface area contributed by atoms with Gasteiger partial charge in [0, 0.05) is 6.08 Å². The molecular formula is C13H13F3O5S. The first-order valence-corrected chi connectivity index (χ1v) is 7.47. The van der Waals surface area contributed by atoms with Crippen LogP contribution in [0.15, 0.2) is 24.3 Å². The highest BCUT2D eigenvalue weighted by atomic mass is 32.2. The molecule has 0 saturated carbocycles. The Labute approximate surface area is 125 Å². The Bertz CT molecular complexity index is 720. The van der Waals surface area contributed by atoms with Crippen molar-refractivity contribution in [2.75, 3.05) is 7.11 Å². The van der Waals surface area contributed by atoms with Crippen molar-refractivity contribution in [3.63, 3.8) is 0 Å². The lowest BCUT2D eigenvalue weighted by atomic mass is 10.0. The van der Waals surface area contributed by atoms with Crippen molar-refractivity contribution in [1.82, 2.24) is 0 Å². The fourth-order valence-electron chi connectivity index (χ4n) is 1.86. The van der Waals surface area contributed by atoms with Crippen LogP contribution in [0.1, 0.15) is 19.4 Å². The van der Waals surface area contributed by atoms with Crippen LogP contribution in [0, 0.1) is 0 Å². The second-order valence-electron chi connectivity index (χ2n) is 5.06. The minimum absolute atomic E-state index is 0.0616. The molecule has 9 heteroatoms. The van der Waals surface area contributed by atoms with E-state index in [1.807, 2.05) is 0 Å². The number of fused-ring (bicyclic) bond motifs is 1. The van der Waals surface area contributed by atoms with Gasteiger partial charge < -0.3 is 13.7 Å². The molecule has 0 amide bonds. The molecule has 0 unspecified atom stereocenters. The Morgan fingerprint density at radius 1 is 1.23 bits per heavy atom. The van der Waals surface area contributed by atoms with Gasteiger partial charge in [0.15, 0.2) is 5.76 Å². The van der Waals surface area contributed by atoms with Gasteiger partial charge in [-0.25, -0.2) is 0 Å². The van der Waals surface area contributed by atoms with Gasteiger partial charge in [-0.05, 0) is 32.0 Å². The fourth-order valence-corrected chi connectivity index (χ4v) is 2.33. The first kappa shape index (κ1) is 16.5. The highest BCUT2D eigenvalue weighted by Gasteiger charge is 2.49. The van der Waals surface area contributed by atoms with Crippen molar-refractivity contribution in [1.29, 1.82) is 0 Å². The predicted octanol–water partition coefficient (Wildman–Crippen LogP) is 3.07. The number of benzene rings is 1.